The summed E-state index contributed by atoms with van der Waals surface area (Å²) in [6.45, 7) is 6.23. The van der Waals surface area contributed by atoms with Crippen LogP contribution in [0.1, 0.15) is 11.1 Å². The van der Waals surface area contributed by atoms with Crippen LogP contribution in [0, 0.1) is 5.82 Å². The third kappa shape index (κ3) is 4.71. The molecule has 4 nitrogen and oxygen atoms in total. The summed E-state index contributed by atoms with van der Waals surface area (Å²) in [7, 11) is 3.40. The van der Waals surface area contributed by atoms with Crippen molar-refractivity contribution in [2.24, 2.45) is 0 Å². The molecule has 1 aliphatic heterocycles. The van der Waals surface area contributed by atoms with Crippen LogP contribution in [0.3, 0.4) is 0 Å². The minimum atomic E-state index is -0.147. The second-order valence-electron chi connectivity index (χ2n) is 6.66. The van der Waals surface area contributed by atoms with Crippen LogP contribution >= 0.6 is 0 Å². The van der Waals surface area contributed by atoms with Gasteiger partial charge in [-0.2, -0.15) is 0 Å². The van der Waals surface area contributed by atoms with Gasteiger partial charge in [0, 0.05) is 5.56 Å². The Bertz CT molecular complexity index is 700. The maximum absolute atomic E-state index is 13.3. The summed E-state index contributed by atoms with van der Waals surface area (Å²) < 4.78 is 24.1. The number of ether oxygens (including phenoxy) is 2. The summed E-state index contributed by atoms with van der Waals surface area (Å²) in [5, 5.41) is 0. The Morgan fingerprint density at radius 2 is 1.60 bits per heavy atom. The highest BCUT2D eigenvalue weighted by Crippen LogP contribution is 2.23. The summed E-state index contributed by atoms with van der Waals surface area (Å²) in [4.78, 5) is 3.07. The Hall–Kier alpha value is -2.11. The van der Waals surface area contributed by atoms with E-state index < -0.39 is 0 Å². The molecule has 0 spiro atoms. The van der Waals surface area contributed by atoms with Gasteiger partial charge in [-0.15, -0.1) is 0 Å². The van der Waals surface area contributed by atoms with Crippen molar-refractivity contribution in [1.29, 1.82) is 0 Å². The van der Waals surface area contributed by atoms with Crippen molar-refractivity contribution < 1.29 is 23.7 Å². The van der Waals surface area contributed by atoms with Gasteiger partial charge < -0.3 is 19.3 Å². The zero-order valence-corrected chi connectivity index (χ0v) is 15.0. The lowest BCUT2D eigenvalue weighted by molar-refractivity contribution is -1.02. The van der Waals surface area contributed by atoms with Crippen molar-refractivity contribution in [2.45, 2.75) is 13.1 Å². The van der Waals surface area contributed by atoms with E-state index in [1.807, 2.05) is 18.2 Å². The molecular weight excluding hydrogens is 319 g/mol. The smallest absolute Gasteiger partial charge is 0.127 e. The molecule has 0 radical (unpaired) electrons. The van der Waals surface area contributed by atoms with Gasteiger partial charge in [-0.05, 0) is 30.3 Å². The second kappa shape index (κ2) is 8.32. The van der Waals surface area contributed by atoms with Crippen molar-refractivity contribution >= 4 is 0 Å². The number of methoxy groups -OCH3 is 2. The second-order valence-corrected chi connectivity index (χ2v) is 6.66. The van der Waals surface area contributed by atoms with Crippen molar-refractivity contribution in [3.05, 3.63) is 59.4 Å². The van der Waals surface area contributed by atoms with E-state index in [9.17, 15) is 4.39 Å². The lowest BCUT2D eigenvalue weighted by Crippen LogP contribution is -3.27. The lowest BCUT2D eigenvalue weighted by atomic mass is 10.1. The molecule has 2 aromatic carbocycles. The van der Waals surface area contributed by atoms with Crippen LogP contribution in [-0.2, 0) is 13.1 Å². The molecule has 5 heteroatoms. The number of piperazine rings is 1. The molecule has 1 heterocycles. The predicted octanol–water partition coefficient (Wildman–Crippen LogP) is 0.327. The van der Waals surface area contributed by atoms with Crippen molar-refractivity contribution in [1.82, 2.24) is 0 Å². The minimum absolute atomic E-state index is 0.147. The molecule has 25 heavy (non-hydrogen) atoms. The van der Waals surface area contributed by atoms with Crippen LogP contribution in [0.15, 0.2) is 42.5 Å². The number of halogens is 1. The molecule has 0 unspecified atom stereocenters. The topological polar surface area (TPSA) is 27.3 Å². The van der Waals surface area contributed by atoms with Crippen molar-refractivity contribution in [2.75, 3.05) is 40.4 Å². The van der Waals surface area contributed by atoms with Gasteiger partial charge in [-0.1, -0.05) is 12.1 Å². The molecule has 3 rings (SSSR count). The number of quaternary nitrogens is 2. The van der Waals surface area contributed by atoms with Gasteiger partial charge in [0.2, 0.25) is 0 Å². The fraction of sp³-hybridized carbons (Fsp3) is 0.400. The highest BCUT2D eigenvalue weighted by Gasteiger charge is 2.24. The molecule has 0 bridgehead atoms. The van der Waals surface area contributed by atoms with Gasteiger partial charge in [0.05, 0.1) is 19.8 Å². The molecule has 1 aliphatic rings. The molecule has 0 aromatic heterocycles. The van der Waals surface area contributed by atoms with Crippen LogP contribution in [0.2, 0.25) is 0 Å². The fourth-order valence-corrected chi connectivity index (χ4v) is 3.54. The average Bonchev–Trinajstić information content (AvgIpc) is 2.63. The molecule has 1 saturated heterocycles. The Morgan fingerprint density at radius 3 is 2.24 bits per heavy atom. The summed E-state index contributed by atoms with van der Waals surface area (Å²) in [5.74, 6) is 1.64. The lowest BCUT2D eigenvalue weighted by Gasteiger charge is -2.30. The minimum Gasteiger partial charge on any atom is -0.497 e. The number of hydrogen-bond acceptors (Lipinski definition) is 2. The van der Waals surface area contributed by atoms with E-state index in [0.29, 0.717) is 0 Å². The number of hydrogen-bond donors (Lipinski definition) is 2. The van der Waals surface area contributed by atoms with Crippen molar-refractivity contribution in [3.63, 3.8) is 0 Å². The maximum Gasteiger partial charge on any atom is 0.127 e. The van der Waals surface area contributed by atoms with Gasteiger partial charge in [0.25, 0.3) is 0 Å². The van der Waals surface area contributed by atoms with Gasteiger partial charge >= 0.3 is 0 Å². The molecule has 0 saturated carbocycles. The normalized spacial score (nSPS) is 20.3. The van der Waals surface area contributed by atoms with Crippen LogP contribution in [0.4, 0.5) is 4.39 Å². The quantitative estimate of drug-likeness (QED) is 0.789. The molecule has 2 N–H and O–H groups in total. The summed E-state index contributed by atoms with van der Waals surface area (Å²) >= 11 is 0. The molecule has 134 valence electrons. The molecule has 2 aromatic rings. The summed E-state index contributed by atoms with van der Waals surface area (Å²) in [6, 6.07) is 12.9. The Kier molecular flexibility index (Phi) is 5.89. The highest BCUT2D eigenvalue weighted by molar-refractivity contribution is 5.39. The Morgan fingerprint density at radius 1 is 0.880 bits per heavy atom. The van der Waals surface area contributed by atoms with Gasteiger partial charge in [-0.25, -0.2) is 4.39 Å². The van der Waals surface area contributed by atoms with Crippen LogP contribution in [-0.4, -0.2) is 40.4 Å². The first kappa shape index (κ1) is 17.7. The molecule has 0 aliphatic carbocycles. The first-order valence-electron chi connectivity index (χ1n) is 8.80. The number of rotatable bonds is 6. The first-order valence-corrected chi connectivity index (χ1v) is 8.80. The highest BCUT2D eigenvalue weighted by atomic mass is 19.1. The largest absolute Gasteiger partial charge is 0.497 e. The summed E-state index contributed by atoms with van der Waals surface area (Å²) in [5.41, 5.74) is 2.26. The zero-order valence-electron chi connectivity index (χ0n) is 15.0. The van der Waals surface area contributed by atoms with E-state index >= 15 is 0 Å². The van der Waals surface area contributed by atoms with E-state index in [0.717, 1.165) is 56.3 Å². The Labute approximate surface area is 148 Å². The first-order chi connectivity index (χ1) is 12.2. The van der Waals surface area contributed by atoms with Gasteiger partial charge in [0.15, 0.2) is 0 Å². The van der Waals surface area contributed by atoms with Gasteiger partial charge in [-0.3, -0.25) is 0 Å². The molecule has 0 atom stereocenters. The molecular formula is C20H27FN2O2+2. The monoisotopic (exact) mass is 346 g/mol. The van der Waals surface area contributed by atoms with E-state index in [1.165, 1.54) is 16.5 Å². The number of nitrogens with one attached hydrogen (secondary N) is 2. The van der Waals surface area contributed by atoms with E-state index in [1.54, 1.807) is 31.3 Å². The van der Waals surface area contributed by atoms with Crippen molar-refractivity contribution in [3.8, 4) is 11.5 Å². The van der Waals surface area contributed by atoms with E-state index in [4.69, 9.17) is 9.47 Å². The maximum atomic E-state index is 13.3. The predicted molar refractivity (Wildman–Crippen MR) is 94.7 cm³/mol. The number of benzene rings is 2. The average molecular weight is 346 g/mol. The fourth-order valence-electron chi connectivity index (χ4n) is 3.54. The summed E-state index contributed by atoms with van der Waals surface area (Å²) in [6.07, 6.45) is 0. The Balaban J connectivity index is 1.56. The van der Waals surface area contributed by atoms with Crippen LogP contribution in [0.5, 0.6) is 11.5 Å². The van der Waals surface area contributed by atoms with Crippen LogP contribution in [0.25, 0.3) is 0 Å². The van der Waals surface area contributed by atoms with Gasteiger partial charge in [0.1, 0.15) is 56.6 Å². The third-order valence-electron chi connectivity index (χ3n) is 4.94. The standard InChI is InChI=1S/C20H25FN2O2/c1-24-19-6-7-20(25-2)17(13-19)15-23-10-8-22(9-11-23)14-16-4-3-5-18(21)12-16/h3-7,12-13H,8-11,14-15H2,1-2H3/p+2. The zero-order chi connectivity index (χ0) is 17.6. The SMILES string of the molecule is COc1ccc(OC)c(C[NH+]2CC[NH+](Cc3cccc(F)c3)CC2)c1. The molecule has 1 fully saturated rings. The molecule has 0 amide bonds. The third-order valence-corrected chi connectivity index (χ3v) is 4.94. The van der Waals surface area contributed by atoms with E-state index in [-0.39, 0.29) is 5.82 Å². The van der Waals surface area contributed by atoms with E-state index in [2.05, 4.69) is 6.07 Å². The van der Waals surface area contributed by atoms with Crippen LogP contribution < -0.4 is 19.3 Å².